The summed E-state index contributed by atoms with van der Waals surface area (Å²) in [5.41, 5.74) is 0.552. The largest absolute Gasteiger partial charge is 0.496 e. The second kappa shape index (κ2) is 5.35. The van der Waals surface area contributed by atoms with E-state index in [1.54, 1.807) is 18.0 Å². The van der Waals surface area contributed by atoms with Crippen LogP contribution in [0.3, 0.4) is 0 Å². The number of carbonyl (C=O) groups is 1. The third-order valence-electron chi connectivity index (χ3n) is 3.14. The summed E-state index contributed by atoms with van der Waals surface area (Å²) < 4.78 is 18.6. The Morgan fingerprint density at radius 3 is 3.00 bits per heavy atom. The molecule has 0 aliphatic carbocycles. The highest BCUT2D eigenvalue weighted by Crippen LogP contribution is 2.28. The van der Waals surface area contributed by atoms with Gasteiger partial charge in [-0.2, -0.15) is 0 Å². The molecule has 98 valence electrons. The van der Waals surface area contributed by atoms with Crippen molar-refractivity contribution in [3.8, 4) is 5.75 Å². The van der Waals surface area contributed by atoms with Crippen LogP contribution in [-0.4, -0.2) is 38.1 Å². The van der Waals surface area contributed by atoms with E-state index in [1.807, 2.05) is 0 Å². The second-order valence-corrected chi connectivity index (χ2v) is 4.39. The van der Waals surface area contributed by atoms with Gasteiger partial charge in [0.05, 0.1) is 7.11 Å². The highest BCUT2D eigenvalue weighted by Gasteiger charge is 2.28. The van der Waals surface area contributed by atoms with Gasteiger partial charge in [-0.15, -0.1) is 0 Å². The fourth-order valence-corrected chi connectivity index (χ4v) is 2.15. The number of methoxy groups -OCH3 is 1. The number of likely N-dealkylation sites (N-methyl/N-ethyl adjacent to an activating group) is 1. The summed E-state index contributed by atoms with van der Waals surface area (Å²) in [7, 11) is 3.27. The number of rotatable bonds is 2. The Hall–Kier alpha value is -1.62. The Labute approximate surface area is 106 Å². The van der Waals surface area contributed by atoms with Crippen molar-refractivity contribution in [2.75, 3.05) is 27.2 Å². The van der Waals surface area contributed by atoms with Crippen molar-refractivity contribution in [1.82, 2.24) is 10.2 Å². The van der Waals surface area contributed by atoms with Crippen molar-refractivity contribution in [2.45, 2.75) is 12.5 Å². The molecule has 1 N–H and O–H groups in total. The van der Waals surface area contributed by atoms with Crippen molar-refractivity contribution < 1.29 is 13.9 Å². The lowest BCUT2D eigenvalue weighted by molar-refractivity contribution is -0.131. The predicted molar refractivity (Wildman–Crippen MR) is 65.9 cm³/mol. The molecular formula is C13H17FN2O2. The zero-order valence-electron chi connectivity index (χ0n) is 10.6. The van der Waals surface area contributed by atoms with E-state index in [-0.39, 0.29) is 11.7 Å². The van der Waals surface area contributed by atoms with Gasteiger partial charge < -0.3 is 15.0 Å². The van der Waals surface area contributed by atoms with Gasteiger partial charge in [-0.25, -0.2) is 4.39 Å². The van der Waals surface area contributed by atoms with Crippen LogP contribution >= 0.6 is 0 Å². The third kappa shape index (κ3) is 2.46. The van der Waals surface area contributed by atoms with Crippen LogP contribution in [0.5, 0.6) is 5.75 Å². The molecule has 4 nitrogen and oxygen atoms in total. The standard InChI is InChI=1S/C13H17FN2O2/c1-16-7-3-6-15-12(13(16)17)10-8-9(14)4-5-11(10)18-2/h4-5,8,12,15H,3,6-7H2,1-2H3. The normalized spacial score (nSPS) is 20.7. The van der Waals surface area contributed by atoms with E-state index in [9.17, 15) is 9.18 Å². The summed E-state index contributed by atoms with van der Waals surface area (Å²) in [5, 5.41) is 3.14. The van der Waals surface area contributed by atoms with Crippen molar-refractivity contribution in [3.63, 3.8) is 0 Å². The van der Waals surface area contributed by atoms with Gasteiger partial charge in [-0.1, -0.05) is 0 Å². The van der Waals surface area contributed by atoms with E-state index < -0.39 is 6.04 Å². The molecule has 1 fully saturated rings. The molecule has 0 saturated carbocycles. The third-order valence-corrected chi connectivity index (χ3v) is 3.14. The first-order valence-electron chi connectivity index (χ1n) is 5.95. The van der Waals surface area contributed by atoms with Gasteiger partial charge in [0.2, 0.25) is 5.91 Å². The quantitative estimate of drug-likeness (QED) is 0.863. The van der Waals surface area contributed by atoms with Gasteiger partial charge in [-0.3, -0.25) is 4.79 Å². The van der Waals surface area contributed by atoms with Crippen LogP contribution in [0.1, 0.15) is 18.0 Å². The van der Waals surface area contributed by atoms with Gasteiger partial charge in [-0.05, 0) is 31.2 Å². The van der Waals surface area contributed by atoms with E-state index in [0.717, 1.165) is 13.0 Å². The minimum Gasteiger partial charge on any atom is -0.496 e. The molecule has 1 aliphatic rings. The van der Waals surface area contributed by atoms with Crippen LogP contribution in [0.15, 0.2) is 18.2 Å². The highest BCUT2D eigenvalue weighted by molar-refractivity contribution is 5.84. The van der Waals surface area contributed by atoms with Gasteiger partial charge in [0.1, 0.15) is 17.6 Å². The maximum absolute atomic E-state index is 13.4. The number of benzene rings is 1. The Kier molecular flexibility index (Phi) is 3.81. The Morgan fingerprint density at radius 1 is 1.50 bits per heavy atom. The summed E-state index contributed by atoms with van der Waals surface area (Å²) in [6.45, 7) is 1.43. The van der Waals surface area contributed by atoms with Crippen molar-refractivity contribution in [1.29, 1.82) is 0 Å². The average Bonchev–Trinajstić information content (AvgIpc) is 2.53. The smallest absolute Gasteiger partial charge is 0.244 e. The van der Waals surface area contributed by atoms with Gasteiger partial charge in [0.15, 0.2) is 0 Å². The Morgan fingerprint density at radius 2 is 2.28 bits per heavy atom. The molecular weight excluding hydrogens is 235 g/mol. The fraction of sp³-hybridized carbons (Fsp3) is 0.462. The first-order chi connectivity index (χ1) is 8.63. The first kappa shape index (κ1) is 12.8. The molecule has 18 heavy (non-hydrogen) atoms. The van der Waals surface area contributed by atoms with Gasteiger partial charge in [0, 0.05) is 19.2 Å². The van der Waals surface area contributed by atoms with Crippen molar-refractivity contribution in [3.05, 3.63) is 29.6 Å². The Bertz CT molecular complexity index is 451. The minimum absolute atomic E-state index is 0.0589. The summed E-state index contributed by atoms with van der Waals surface area (Å²) in [6, 6.07) is 3.69. The van der Waals surface area contributed by atoms with Crippen molar-refractivity contribution in [2.24, 2.45) is 0 Å². The monoisotopic (exact) mass is 252 g/mol. The number of amides is 1. The summed E-state index contributed by atoms with van der Waals surface area (Å²) in [6.07, 6.45) is 0.885. The minimum atomic E-state index is -0.539. The zero-order valence-corrected chi connectivity index (χ0v) is 10.6. The average molecular weight is 252 g/mol. The van der Waals surface area contributed by atoms with Gasteiger partial charge >= 0.3 is 0 Å². The SMILES string of the molecule is COc1ccc(F)cc1C1NCCCN(C)C1=O. The molecule has 1 amide bonds. The lowest BCUT2D eigenvalue weighted by Gasteiger charge is -2.22. The number of ether oxygens (including phenoxy) is 1. The van der Waals surface area contributed by atoms with Gasteiger partial charge in [0.25, 0.3) is 0 Å². The first-order valence-corrected chi connectivity index (χ1v) is 5.95. The van der Waals surface area contributed by atoms with Crippen LogP contribution in [0.2, 0.25) is 0 Å². The van der Waals surface area contributed by atoms with E-state index in [4.69, 9.17) is 4.74 Å². The molecule has 1 aromatic rings. The number of carbonyl (C=O) groups excluding carboxylic acids is 1. The van der Waals surface area contributed by atoms with E-state index in [0.29, 0.717) is 17.9 Å². The number of nitrogens with one attached hydrogen (secondary N) is 1. The summed E-state index contributed by atoms with van der Waals surface area (Å²) in [5.74, 6) is 0.0984. The molecule has 0 radical (unpaired) electrons. The van der Waals surface area contributed by atoms with Crippen LogP contribution in [0.25, 0.3) is 0 Å². The topological polar surface area (TPSA) is 41.6 Å². The summed E-state index contributed by atoms with van der Waals surface area (Å²) in [4.78, 5) is 13.9. The molecule has 2 rings (SSSR count). The van der Waals surface area contributed by atoms with Crippen LogP contribution < -0.4 is 10.1 Å². The second-order valence-electron chi connectivity index (χ2n) is 4.39. The predicted octanol–water partition coefficient (Wildman–Crippen LogP) is 1.33. The van der Waals surface area contributed by atoms with Crippen molar-refractivity contribution >= 4 is 5.91 Å². The fourth-order valence-electron chi connectivity index (χ4n) is 2.15. The summed E-state index contributed by atoms with van der Waals surface area (Å²) >= 11 is 0. The molecule has 0 aromatic heterocycles. The van der Waals surface area contributed by atoms with E-state index in [1.165, 1.54) is 19.2 Å². The molecule has 0 bridgehead atoms. The van der Waals surface area contributed by atoms with E-state index >= 15 is 0 Å². The maximum atomic E-state index is 13.4. The number of hydrogen-bond donors (Lipinski definition) is 1. The Balaban J connectivity index is 2.39. The molecule has 1 aromatic carbocycles. The maximum Gasteiger partial charge on any atom is 0.244 e. The number of nitrogens with zero attached hydrogens (tertiary/aromatic N) is 1. The number of hydrogen-bond acceptors (Lipinski definition) is 3. The molecule has 1 aliphatic heterocycles. The van der Waals surface area contributed by atoms with E-state index in [2.05, 4.69) is 5.32 Å². The molecule has 1 atom stereocenters. The molecule has 0 spiro atoms. The molecule has 1 heterocycles. The lowest BCUT2D eigenvalue weighted by Crippen LogP contribution is -2.35. The highest BCUT2D eigenvalue weighted by atomic mass is 19.1. The van der Waals surface area contributed by atoms with Crippen LogP contribution in [0.4, 0.5) is 4.39 Å². The molecule has 1 saturated heterocycles. The zero-order chi connectivity index (χ0) is 13.1. The molecule has 5 heteroatoms. The van der Waals surface area contributed by atoms with Crippen LogP contribution in [0, 0.1) is 5.82 Å². The molecule has 1 unspecified atom stereocenters. The number of halogens is 1. The van der Waals surface area contributed by atoms with Crippen LogP contribution in [-0.2, 0) is 4.79 Å². The lowest BCUT2D eigenvalue weighted by atomic mass is 10.0.